The standard InChI is InChI=1S/C14H22N2O4S/c1-4-11-6-7-12(10-13(11)15)21(18,19)16(3)9-8-14(17)20-5-2/h6-7,10H,4-5,8-9,15H2,1-3H3. The van der Waals surface area contributed by atoms with Crippen molar-refractivity contribution < 1.29 is 17.9 Å². The fraction of sp³-hybridized carbons (Fsp3) is 0.500. The van der Waals surface area contributed by atoms with Gasteiger partial charge in [0.25, 0.3) is 0 Å². The van der Waals surface area contributed by atoms with Crippen LogP contribution in [-0.4, -0.2) is 38.9 Å². The molecule has 0 heterocycles. The van der Waals surface area contributed by atoms with E-state index in [2.05, 4.69) is 0 Å². The van der Waals surface area contributed by atoms with Crippen LogP contribution in [0, 0.1) is 0 Å². The number of esters is 1. The number of nitrogens with two attached hydrogens (primary N) is 1. The van der Waals surface area contributed by atoms with Crippen LogP contribution in [0.3, 0.4) is 0 Å². The predicted octanol–water partition coefficient (Wildman–Crippen LogP) is 1.40. The van der Waals surface area contributed by atoms with Crippen LogP contribution in [-0.2, 0) is 26.0 Å². The maximum absolute atomic E-state index is 12.4. The Balaban J connectivity index is 2.85. The average Bonchev–Trinajstić information content (AvgIpc) is 2.44. The van der Waals surface area contributed by atoms with E-state index in [1.165, 1.54) is 19.2 Å². The molecule has 7 heteroatoms. The predicted molar refractivity (Wildman–Crippen MR) is 81.3 cm³/mol. The van der Waals surface area contributed by atoms with Crippen LogP contribution in [0.2, 0.25) is 0 Å². The molecule has 0 radical (unpaired) electrons. The number of sulfonamides is 1. The minimum absolute atomic E-state index is 0.0199. The first-order valence-electron chi connectivity index (χ1n) is 6.83. The van der Waals surface area contributed by atoms with Gasteiger partial charge in [0.15, 0.2) is 0 Å². The highest BCUT2D eigenvalue weighted by Crippen LogP contribution is 2.21. The quantitative estimate of drug-likeness (QED) is 0.607. The zero-order chi connectivity index (χ0) is 16.0. The van der Waals surface area contributed by atoms with E-state index in [1.54, 1.807) is 13.0 Å². The van der Waals surface area contributed by atoms with Crippen LogP contribution in [0.5, 0.6) is 0 Å². The van der Waals surface area contributed by atoms with E-state index < -0.39 is 16.0 Å². The van der Waals surface area contributed by atoms with E-state index >= 15 is 0 Å². The second kappa shape index (κ2) is 7.42. The van der Waals surface area contributed by atoms with E-state index in [0.717, 1.165) is 16.3 Å². The summed E-state index contributed by atoms with van der Waals surface area (Å²) in [5, 5.41) is 0. The van der Waals surface area contributed by atoms with Crippen molar-refractivity contribution in [2.75, 3.05) is 25.9 Å². The summed E-state index contributed by atoms with van der Waals surface area (Å²) in [4.78, 5) is 11.4. The summed E-state index contributed by atoms with van der Waals surface area (Å²) in [5.74, 6) is -0.416. The Morgan fingerprint density at radius 1 is 1.33 bits per heavy atom. The lowest BCUT2D eigenvalue weighted by molar-refractivity contribution is -0.143. The average molecular weight is 314 g/mol. The molecule has 2 N–H and O–H groups in total. The summed E-state index contributed by atoms with van der Waals surface area (Å²) in [5.41, 5.74) is 7.19. The molecule has 118 valence electrons. The molecule has 1 rings (SSSR count). The summed E-state index contributed by atoms with van der Waals surface area (Å²) in [7, 11) is -2.22. The Morgan fingerprint density at radius 2 is 2.00 bits per heavy atom. The lowest BCUT2D eigenvalue weighted by Gasteiger charge is -2.17. The van der Waals surface area contributed by atoms with Crippen LogP contribution >= 0.6 is 0 Å². The second-order valence-corrected chi connectivity index (χ2v) is 6.64. The monoisotopic (exact) mass is 314 g/mol. The van der Waals surface area contributed by atoms with Crippen molar-refractivity contribution in [2.24, 2.45) is 0 Å². The molecule has 1 aromatic carbocycles. The molecule has 0 amide bonds. The number of ether oxygens (including phenoxy) is 1. The molecule has 0 aliphatic carbocycles. The van der Waals surface area contributed by atoms with E-state index in [-0.39, 0.29) is 24.5 Å². The van der Waals surface area contributed by atoms with Gasteiger partial charge in [-0.1, -0.05) is 13.0 Å². The van der Waals surface area contributed by atoms with Gasteiger partial charge in [-0.25, -0.2) is 12.7 Å². The number of rotatable bonds is 7. The first-order valence-corrected chi connectivity index (χ1v) is 8.27. The summed E-state index contributed by atoms with van der Waals surface area (Å²) in [6, 6.07) is 4.70. The SMILES string of the molecule is CCOC(=O)CCN(C)S(=O)(=O)c1ccc(CC)c(N)c1. The Hall–Kier alpha value is -1.60. The maximum Gasteiger partial charge on any atom is 0.307 e. The molecule has 0 aromatic heterocycles. The largest absolute Gasteiger partial charge is 0.466 e. The van der Waals surface area contributed by atoms with Crippen LogP contribution < -0.4 is 5.73 Å². The molecule has 0 bridgehead atoms. The van der Waals surface area contributed by atoms with E-state index in [4.69, 9.17) is 10.5 Å². The summed E-state index contributed by atoms with van der Waals surface area (Å²) < 4.78 is 30.7. The van der Waals surface area contributed by atoms with Crippen molar-refractivity contribution in [1.29, 1.82) is 0 Å². The lowest BCUT2D eigenvalue weighted by Crippen LogP contribution is -2.29. The normalized spacial score (nSPS) is 11.6. The topological polar surface area (TPSA) is 89.7 Å². The lowest BCUT2D eigenvalue weighted by atomic mass is 10.1. The van der Waals surface area contributed by atoms with Crippen LogP contribution in [0.15, 0.2) is 23.1 Å². The Bertz CT molecular complexity index is 599. The van der Waals surface area contributed by atoms with Crippen molar-refractivity contribution in [1.82, 2.24) is 4.31 Å². The number of hydrogen-bond donors (Lipinski definition) is 1. The molecule has 0 atom stereocenters. The van der Waals surface area contributed by atoms with Gasteiger partial charge < -0.3 is 10.5 Å². The van der Waals surface area contributed by atoms with Crippen molar-refractivity contribution in [3.8, 4) is 0 Å². The number of anilines is 1. The van der Waals surface area contributed by atoms with Crippen molar-refractivity contribution in [3.05, 3.63) is 23.8 Å². The van der Waals surface area contributed by atoms with Crippen molar-refractivity contribution in [2.45, 2.75) is 31.6 Å². The summed E-state index contributed by atoms with van der Waals surface area (Å²) in [6.07, 6.45) is 0.761. The van der Waals surface area contributed by atoms with Crippen LogP contribution in [0.4, 0.5) is 5.69 Å². The molecule has 6 nitrogen and oxygen atoms in total. The third-order valence-corrected chi connectivity index (χ3v) is 5.00. The third kappa shape index (κ3) is 4.44. The number of aryl methyl sites for hydroxylation is 1. The summed E-state index contributed by atoms with van der Waals surface area (Å²) >= 11 is 0. The molecule has 0 aliphatic rings. The highest BCUT2D eigenvalue weighted by atomic mass is 32.2. The van der Waals surface area contributed by atoms with Gasteiger partial charge in [0.05, 0.1) is 17.9 Å². The fourth-order valence-electron chi connectivity index (χ4n) is 1.84. The maximum atomic E-state index is 12.4. The van der Waals surface area contributed by atoms with Gasteiger partial charge in [0, 0.05) is 19.3 Å². The molecule has 0 saturated carbocycles. The van der Waals surface area contributed by atoms with Gasteiger partial charge in [-0.15, -0.1) is 0 Å². The second-order valence-electron chi connectivity index (χ2n) is 4.60. The van der Waals surface area contributed by atoms with Gasteiger partial charge in [-0.2, -0.15) is 0 Å². The van der Waals surface area contributed by atoms with Crippen molar-refractivity contribution in [3.63, 3.8) is 0 Å². The smallest absolute Gasteiger partial charge is 0.307 e. The van der Waals surface area contributed by atoms with Gasteiger partial charge in [-0.3, -0.25) is 4.79 Å². The molecule has 0 aliphatic heterocycles. The molecule has 0 saturated heterocycles. The Labute approximate surface area is 125 Å². The van der Waals surface area contributed by atoms with Gasteiger partial charge in [-0.05, 0) is 31.0 Å². The Kier molecular flexibility index (Phi) is 6.17. The zero-order valence-electron chi connectivity index (χ0n) is 12.6. The molecule has 1 aromatic rings. The van der Waals surface area contributed by atoms with E-state index in [1.807, 2.05) is 6.92 Å². The van der Waals surface area contributed by atoms with E-state index in [9.17, 15) is 13.2 Å². The molecular weight excluding hydrogens is 292 g/mol. The highest BCUT2D eigenvalue weighted by molar-refractivity contribution is 7.89. The molecule has 21 heavy (non-hydrogen) atoms. The first kappa shape index (κ1) is 17.5. The molecule has 0 fully saturated rings. The number of carbonyl (C=O) groups is 1. The Morgan fingerprint density at radius 3 is 2.52 bits per heavy atom. The molecule has 0 unspecified atom stereocenters. The van der Waals surface area contributed by atoms with Gasteiger partial charge in [0.2, 0.25) is 10.0 Å². The molecule has 0 spiro atoms. The molecular formula is C14H22N2O4S. The number of carbonyl (C=O) groups excluding carboxylic acids is 1. The number of nitrogens with zero attached hydrogens (tertiary/aromatic N) is 1. The minimum atomic E-state index is -3.65. The highest BCUT2D eigenvalue weighted by Gasteiger charge is 2.22. The first-order chi connectivity index (χ1) is 9.82. The minimum Gasteiger partial charge on any atom is -0.466 e. The van der Waals surface area contributed by atoms with Gasteiger partial charge >= 0.3 is 5.97 Å². The van der Waals surface area contributed by atoms with E-state index in [0.29, 0.717) is 5.69 Å². The number of nitrogen functional groups attached to an aromatic ring is 1. The number of benzene rings is 1. The van der Waals surface area contributed by atoms with Crippen molar-refractivity contribution >= 4 is 21.7 Å². The fourth-order valence-corrected chi connectivity index (χ4v) is 3.04. The number of hydrogen-bond acceptors (Lipinski definition) is 5. The summed E-state index contributed by atoms with van der Waals surface area (Å²) in [6.45, 7) is 4.00. The zero-order valence-corrected chi connectivity index (χ0v) is 13.4. The van der Waals surface area contributed by atoms with Gasteiger partial charge in [0.1, 0.15) is 0 Å². The van der Waals surface area contributed by atoms with Crippen LogP contribution in [0.25, 0.3) is 0 Å². The third-order valence-electron chi connectivity index (χ3n) is 3.14. The van der Waals surface area contributed by atoms with Crippen LogP contribution in [0.1, 0.15) is 25.8 Å².